The standard InChI is InChI=1S/C27H39N5O2/c1-19(17-27(2,3)4)28-13-10-20-11-14-31(15-12-20)21-6-8-23-24(16-21)30(5)26(34)32(23)22-7-9-25(33)29-18-22/h6,8,16,18,20,22,28H,1,7,9-15,17H2,2-5H3. The molecule has 1 aromatic carbocycles. The summed E-state index contributed by atoms with van der Waals surface area (Å²) in [6.07, 6.45) is 7.17. The highest BCUT2D eigenvalue weighted by atomic mass is 16.2. The van der Waals surface area contributed by atoms with Gasteiger partial charge in [-0.15, -0.1) is 0 Å². The predicted octanol–water partition coefficient (Wildman–Crippen LogP) is 4.42. The lowest BCUT2D eigenvalue weighted by Crippen LogP contribution is -2.34. The number of piperidine rings is 1. The third kappa shape index (κ3) is 5.45. The van der Waals surface area contributed by atoms with E-state index < -0.39 is 0 Å². The number of benzene rings is 1. The number of aliphatic imine (C=N–C) groups is 1. The Kier molecular flexibility index (Phi) is 7.01. The van der Waals surface area contributed by atoms with Gasteiger partial charge in [-0.2, -0.15) is 0 Å². The molecule has 3 heterocycles. The zero-order valence-corrected chi connectivity index (χ0v) is 21.1. The molecule has 184 valence electrons. The number of nitrogens with one attached hydrogen (secondary N) is 1. The van der Waals surface area contributed by atoms with E-state index in [1.165, 1.54) is 24.9 Å². The van der Waals surface area contributed by atoms with Crippen LogP contribution in [0.5, 0.6) is 0 Å². The van der Waals surface area contributed by atoms with Crippen molar-refractivity contribution in [3.8, 4) is 0 Å². The Bertz CT molecular complexity index is 1140. The van der Waals surface area contributed by atoms with Gasteiger partial charge in [0, 0.05) is 50.7 Å². The van der Waals surface area contributed by atoms with Crippen molar-refractivity contribution in [2.75, 3.05) is 24.5 Å². The molecule has 1 unspecified atom stereocenters. The third-order valence-corrected chi connectivity index (χ3v) is 7.10. The van der Waals surface area contributed by atoms with Crippen LogP contribution in [-0.2, 0) is 11.8 Å². The van der Waals surface area contributed by atoms with Crippen LogP contribution in [0.15, 0.2) is 40.3 Å². The first-order chi connectivity index (χ1) is 16.1. The molecule has 0 aliphatic carbocycles. The molecule has 1 N–H and O–H groups in total. The summed E-state index contributed by atoms with van der Waals surface area (Å²) >= 11 is 0. The quantitative estimate of drug-likeness (QED) is 0.657. The number of amides is 1. The molecule has 7 heteroatoms. The normalized spacial score (nSPS) is 19.7. The topological polar surface area (TPSA) is 71.6 Å². The van der Waals surface area contributed by atoms with Crippen molar-refractivity contribution >= 4 is 28.8 Å². The number of allylic oxidation sites excluding steroid dienone is 1. The number of anilines is 1. The SMILES string of the molecule is C=C(CC(C)(C)C)NCCC1CCN(c2ccc3c(c2)n(C)c(=O)n3C2C=NC(=O)CC2)CC1. The fourth-order valence-corrected chi connectivity index (χ4v) is 5.28. The van der Waals surface area contributed by atoms with E-state index in [1.54, 1.807) is 15.3 Å². The maximum atomic E-state index is 13.0. The van der Waals surface area contributed by atoms with Gasteiger partial charge in [-0.05, 0) is 61.6 Å². The maximum absolute atomic E-state index is 13.0. The van der Waals surface area contributed by atoms with Crippen LogP contribution in [0.3, 0.4) is 0 Å². The molecule has 7 nitrogen and oxygen atoms in total. The molecule has 1 saturated heterocycles. The summed E-state index contributed by atoms with van der Waals surface area (Å²) in [5, 5.41) is 3.52. The summed E-state index contributed by atoms with van der Waals surface area (Å²) in [5.41, 5.74) is 4.35. The number of carbonyl (C=O) groups is 1. The molecule has 1 amide bonds. The second-order valence-corrected chi connectivity index (χ2v) is 11.1. The average molecular weight is 466 g/mol. The van der Waals surface area contributed by atoms with Crippen molar-refractivity contribution < 1.29 is 4.79 Å². The minimum Gasteiger partial charge on any atom is -0.389 e. The summed E-state index contributed by atoms with van der Waals surface area (Å²) in [4.78, 5) is 30.8. The van der Waals surface area contributed by atoms with Gasteiger partial charge in [0.15, 0.2) is 0 Å². The van der Waals surface area contributed by atoms with Crippen molar-refractivity contribution in [3.63, 3.8) is 0 Å². The van der Waals surface area contributed by atoms with Crippen molar-refractivity contribution in [1.82, 2.24) is 14.5 Å². The highest BCUT2D eigenvalue weighted by molar-refractivity contribution is 5.90. The minimum absolute atomic E-state index is 0.0581. The van der Waals surface area contributed by atoms with Crippen LogP contribution in [0, 0.1) is 11.3 Å². The number of imidazole rings is 1. The molecular weight excluding hydrogens is 426 g/mol. The average Bonchev–Trinajstić information content (AvgIpc) is 3.03. The Morgan fingerprint density at radius 3 is 2.53 bits per heavy atom. The van der Waals surface area contributed by atoms with Crippen LogP contribution in [0.1, 0.15) is 65.3 Å². The highest BCUT2D eigenvalue weighted by Crippen LogP contribution is 2.29. The molecule has 0 saturated carbocycles. The van der Waals surface area contributed by atoms with Crippen LogP contribution in [0.4, 0.5) is 5.69 Å². The van der Waals surface area contributed by atoms with E-state index in [9.17, 15) is 9.59 Å². The van der Waals surface area contributed by atoms with Crippen molar-refractivity contribution in [3.05, 3.63) is 41.0 Å². The van der Waals surface area contributed by atoms with Crippen LogP contribution < -0.4 is 15.9 Å². The van der Waals surface area contributed by atoms with Crippen LogP contribution >= 0.6 is 0 Å². The zero-order chi connectivity index (χ0) is 24.5. The molecule has 1 atom stereocenters. The van der Waals surface area contributed by atoms with Gasteiger partial charge >= 0.3 is 5.69 Å². The van der Waals surface area contributed by atoms with Crippen LogP contribution in [-0.4, -0.2) is 40.9 Å². The van der Waals surface area contributed by atoms with Gasteiger partial charge in [-0.3, -0.25) is 13.9 Å². The van der Waals surface area contributed by atoms with Gasteiger partial charge in [-0.25, -0.2) is 9.79 Å². The van der Waals surface area contributed by atoms with Crippen molar-refractivity contribution in [2.24, 2.45) is 23.4 Å². The van der Waals surface area contributed by atoms with E-state index in [0.717, 1.165) is 48.7 Å². The predicted molar refractivity (Wildman–Crippen MR) is 140 cm³/mol. The molecule has 0 bridgehead atoms. The van der Waals surface area contributed by atoms with E-state index in [1.807, 2.05) is 13.1 Å². The van der Waals surface area contributed by atoms with Gasteiger partial charge in [0.25, 0.3) is 0 Å². The summed E-state index contributed by atoms with van der Waals surface area (Å²) in [6, 6.07) is 6.15. The number of aromatic nitrogens is 2. The van der Waals surface area contributed by atoms with Gasteiger partial charge in [-0.1, -0.05) is 27.4 Å². The van der Waals surface area contributed by atoms with Crippen LogP contribution in [0.2, 0.25) is 0 Å². The van der Waals surface area contributed by atoms with E-state index in [4.69, 9.17) is 0 Å². The monoisotopic (exact) mass is 465 g/mol. The first-order valence-electron chi connectivity index (χ1n) is 12.6. The summed E-state index contributed by atoms with van der Waals surface area (Å²) in [7, 11) is 1.82. The zero-order valence-electron chi connectivity index (χ0n) is 21.1. The number of hydrogen-bond donors (Lipinski definition) is 1. The van der Waals surface area contributed by atoms with Gasteiger partial charge in [0.05, 0.1) is 17.1 Å². The molecule has 1 aromatic heterocycles. The summed E-state index contributed by atoms with van der Waals surface area (Å²) in [6.45, 7) is 14.0. The van der Waals surface area contributed by atoms with Crippen LogP contribution in [0.25, 0.3) is 11.0 Å². The number of aryl methyl sites for hydroxylation is 1. The van der Waals surface area contributed by atoms with Crippen molar-refractivity contribution in [2.45, 2.75) is 65.3 Å². The molecular formula is C27H39N5O2. The highest BCUT2D eigenvalue weighted by Gasteiger charge is 2.24. The Morgan fingerprint density at radius 2 is 1.88 bits per heavy atom. The lowest BCUT2D eigenvalue weighted by molar-refractivity contribution is -0.118. The number of carbonyl (C=O) groups excluding carboxylic acids is 1. The lowest BCUT2D eigenvalue weighted by Gasteiger charge is -2.34. The number of fused-ring (bicyclic) bond motifs is 1. The fourth-order valence-electron chi connectivity index (χ4n) is 5.28. The number of rotatable bonds is 7. The number of nitrogens with zero attached hydrogens (tertiary/aromatic N) is 4. The number of hydrogen-bond acceptors (Lipinski definition) is 4. The molecule has 4 rings (SSSR count). The van der Waals surface area contributed by atoms with Crippen molar-refractivity contribution in [1.29, 1.82) is 0 Å². The Labute approximate surface area is 202 Å². The van der Waals surface area contributed by atoms with E-state index >= 15 is 0 Å². The van der Waals surface area contributed by atoms with Gasteiger partial charge in [0.1, 0.15) is 0 Å². The first kappa shape index (κ1) is 24.3. The molecule has 0 radical (unpaired) electrons. The Morgan fingerprint density at radius 1 is 1.15 bits per heavy atom. The van der Waals surface area contributed by atoms with E-state index in [0.29, 0.717) is 12.8 Å². The maximum Gasteiger partial charge on any atom is 0.329 e. The molecule has 34 heavy (non-hydrogen) atoms. The van der Waals surface area contributed by atoms with E-state index in [-0.39, 0.29) is 23.1 Å². The second-order valence-electron chi connectivity index (χ2n) is 11.1. The second kappa shape index (κ2) is 9.80. The Hall–Kier alpha value is -2.83. The molecule has 1 fully saturated rings. The molecule has 0 spiro atoms. The lowest BCUT2D eigenvalue weighted by atomic mass is 9.90. The fraction of sp³-hybridized carbons (Fsp3) is 0.593. The summed E-state index contributed by atoms with van der Waals surface area (Å²) < 4.78 is 3.49. The molecule has 2 aromatic rings. The largest absolute Gasteiger partial charge is 0.389 e. The third-order valence-electron chi connectivity index (χ3n) is 7.10. The smallest absolute Gasteiger partial charge is 0.329 e. The van der Waals surface area contributed by atoms with Gasteiger partial charge < -0.3 is 10.2 Å². The summed E-state index contributed by atoms with van der Waals surface area (Å²) in [5.74, 6) is 0.620. The Balaban J connectivity index is 1.37. The van der Waals surface area contributed by atoms with Gasteiger partial charge in [0.2, 0.25) is 5.91 Å². The minimum atomic E-state index is -0.163. The molecule has 2 aliphatic rings. The van der Waals surface area contributed by atoms with E-state index in [2.05, 4.69) is 54.7 Å². The molecule has 2 aliphatic heterocycles. The first-order valence-corrected chi connectivity index (χ1v) is 12.6.